The molecule has 0 aromatic heterocycles. The van der Waals surface area contributed by atoms with E-state index in [0.29, 0.717) is 0 Å². The van der Waals surface area contributed by atoms with Gasteiger partial charge in [-0.15, -0.1) is 0 Å². The quantitative estimate of drug-likeness (QED) is 0.0785. The Kier molecular flexibility index (Phi) is 27.3. The van der Waals surface area contributed by atoms with E-state index in [0.717, 1.165) is 13.0 Å². The Morgan fingerprint density at radius 3 is 1.53 bits per heavy atom. The summed E-state index contributed by atoms with van der Waals surface area (Å²) >= 11 is 0. The highest BCUT2D eigenvalue weighted by Gasteiger charge is 2.01. The molecule has 192 valence electrons. The Bertz CT molecular complexity index is 511. The van der Waals surface area contributed by atoms with Crippen LogP contribution in [0.2, 0.25) is 0 Å². The molecule has 0 aliphatic rings. The van der Waals surface area contributed by atoms with Crippen LogP contribution in [0.25, 0.3) is 0 Å². The molecular weight excluding hydrogens is 430 g/mol. The molecule has 0 fully saturated rings. The largest absolute Gasteiger partial charge is 0.396 e. The summed E-state index contributed by atoms with van der Waals surface area (Å²) in [6.07, 6.45) is 23.2. The van der Waals surface area contributed by atoms with Crippen LogP contribution in [0.1, 0.15) is 116 Å². The maximum atomic E-state index is 10.8. The number of aliphatic hydroxyl groups excluding tert-OH is 1. The van der Waals surface area contributed by atoms with E-state index in [4.69, 9.17) is 14.5 Å². The SMILES string of the molecule is C=CC(=O)ONCCCCCCCCCCCCCCCCCC.O=S(=O)(O)CCCO. The number of aliphatic hydroxyl groups is 1. The van der Waals surface area contributed by atoms with E-state index in [1.807, 2.05) is 0 Å². The molecule has 0 spiro atoms. The summed E-state index contributed by atoms with van der Waals surface area (Å²) in [5.74, 6) is -0.768. The lowest BCUT2D eigenvalue weighted by molar-refractivity contribution is -0.144. The zero-order chi connectivity index (χ0) is 24.3. The van der Waals surface area contributed by atoms with Crippen molar-refractivity contribution >= 4 is 16.1 Å². The number of carbonyl (C=O) groups is 1. The van der Waals surface area contributed by atoms with E-state index < -0.39 is 16.1 Å². The summed E-state index contributed by atoms with van der Waals surface area (Å²) in [5.41, 5.74) is 2.66. The molecule has 8 heteroatoms. The maximum absolute atomic E-state index is 10.8. The van der Waals surface area contributed by atoms with Gasteiger partial charge in [-0.1, -0.05) is 110 Å². The standard InChI is InChI=1S/C21H41NO2.C3H8O4S/c1-3-5-6-7-8-9-10-11-12-13-14-15-16-17-18-19-20-22-24-21(23)4-2;4-2-1-3-8(5,6)7/h4,22H,2-3,5-20H2,1H3;4H,1-3H2,(H,5,6,7). The van der Waals surface area contributed by atoms with Crippen molar-refractivity contribution in [1.82, 2.24) is 5.48 Å². The zero-order valence-corrected chi connectivity index (χ0v) is 21.2. The first-order valence-corrected chi connectivity index (χ1v) is 14.1. The molecule has 0 amide bonds. The van der Waals surface area contributed by atoms with Crippen molar-refractivity contribution < 1.29 is 27.7 Å². The fourth-order valence-electron chi connectivity index (χ4n) is 3.16. The second kappa shape index (κ2) is 26.3. The molecule has 0 aromatic carbocycles. The van der Waals surface area contributed by atoms with E-state index in [2.05, 4.69) is 19.0 Å². The van der Waals surface area contributed by atoms with E-state index >= 15 is 0 Å². The number of unbranched alkanes of at least 4 members (excludes halogenated alkanes) is 15. The summed E-state index contributed by atoms with van der Waals surface area (Å²) in [4.78, 5) is 15.5. The number of rotatable bonds is 22. The third-order valence-corrected chi connectivity index (χ3v) is 5.84. The van der Waals surface area contributed by atoms with Crippen LogP contribution >= 0.6 is 0 Å². The Balaban J connectivity index is 0. The van der Waals surface area contributed by atoms with Crippen molar-refractivity contribution in [1.29, 1.82) is 0 Å². The summed E-state index contributed by atoms with van der Waals surface area (Å²) in [6.45, 7) is 6.15. The number of nitrogens with one attached hydrogen (secondary N) is 1. The van der Waals surface area contributed by atoms with Crippen molar-refractivity contribution in [3.63, 3.8) is 0 Å². The van der Waals surface area contributed by atoms with Gasteiger partial charge in [-0.05, 0) is 12.8 Å². The smallest absolute Gasteiger partial charge is 0.348 e. The van der Waals surface area contributed by atoms with Crippen LogP contribution in [-0.2, 0) is 19.8 Å². The molecule has 0 saturated carbocycles. The minimum Gasteiger partial charge on any atom is -0.396 e. The molecule has 32 heavy (non-hydrogen) atoms. The van der Waals surface area contributed by atoms with Crippen LogP contribution in [0.4, 0.5) is 0 Å². The molecule has 0 bridgehead atoms. The Morgan fingerprint density at radius 1 is 0.812 bits per heavy atom. The first-order chi connectivity index (χ1) is 15.4. The van der Waals surface area contributed by atoms with Crippen LogP contribution in [-0.4, -0.2) is 43.0 Å². The van der Waals surface area contributed by atoms with Crippen LogP contribution in [0.15, 0.2) is 12.7 Å². The van der Waals surface area contributed by atoms with Gasteiger partial charge < -0.3 is 9.94 Å². The lowest BCUT2D eigenvalue weighted by Gasteiger charge is -2.04. The van der Waals surface area contributed by atoms with E-state index in [-0.39, 0.29) is 18.8 Å². The number of carbonyl (C=O) groups excluding carboxylic acids is 1. The van der Waals surface area contributed by atoms with E-state index in [1.54, 1.807) is 0 Å². The monoisotopic (exact) mass is 479 g/mol. The van der Waals surface area contributed by atoms with Crippen molar-refractivity contribution in [2.24, 2.45) is 0 Å². The predicted octanol–water partition coefficient (Wildman–Crippen LogP) is 5.74. The average molecular weight is 480 g/mol. The second-order valence-electron chi connectivity index (χ2n) is 8.19. The number of hydrogen-bond donors (Lipinski definition) is 3. The molecule has 0 saturated heterocycles. The van der Waals surface area contributed by atoms with Gasteiger partial charge >= 0.3 is 5.97 Å². The maximum Gasteiger partial charge on any atom is 0.348 e. The van der Waals surface area contributed by atoms with Gasteiger partial charge in [0, 0.05) is 19.2 Å². The highest BCUT2D eigenvalue weighted by molar-refractivity contribution is 7.85. The third-order valence-electron chi connectivity index (χ3n) is 5.03. The van der Waals surface area contributed by atoms with Crippen LogP contribution in [0.5, 0.6) is 0 Å². The van der Waals surface area contributed by atoms with Crippen molar-refractivity contribution in [2.75, 3.05) is 18.9 Å². The lowest BCUT2D eigenvalue weighted by atomic mass is 10.0. The van der Waals surface area contributed by atoms with Crippen molar-refractivity contribution in [3.05, 3.63) is 12.7 Å². The molecule has 0 atom stereocenters. The Labute approximate surface area is 197 Å². The molecule has 0 aliphatic heterocycles. The van der Waals surface area contributed by atoms with Gasteiger partial charge in [0.2, 0.25) is 0 Å². The minimum absolute atomic E-state index is 0.0961. The van der Waals surface area contributed by atoms with Crippen LogP contribution in [0.3, 0.4) is 0 Å². The first-order valence-electron chi connectivity index (χ1n) is 12.5. The predicted molar refractivity (Wildman–Crippen MR) is 132 cm³/mol. The van der Waals surface area contributed by atoms with Gasteiger partial charge in [0.15, 0.2) is 0 Å². The van der Waals surface area contributed by atoms with E-state index in [1.165, 1.54) is 102 Å². The van der Waals surface area contributed by atoms with Gasteiger partial charge in [-0.3, -0.25) is 4.55 Å². The van der Waals surface area contributed by atoms with Crippen LogP contribution in [0, 0.1) is 0 Å². The molecular formula is C24H49NO6S. The summed E-state index contributed by atoms with van der Waals surface area (Å²) in [5, 5.41) is 8.05. The molecule has 0 radical (unpaired) electrons. The van der Waals surface area contributed by atoms with E-state index in [9.17, 15) is 13.2 Å². The summed E-state index contributed by atoms with van der Waals surface area (Å²) in [6, 6.07) is 0. The lowest BCUT2D eigenvalue weighted by Crippen LogP contribution is -2.19. The van der Waals surface area contributed by atoms with Crippen molar-refractivity contribution in [2.45, 2.75) is 116 Å². The third kappa shape index (κ3) is 33.7. The minimum atomic E-state index is -3.85. The second-order valence-corrected chi connectivity index (χ2v) is 9.76. The van der Waals surface area contributed by atoms with Gasteiger partial charge in [0.1, 0.15) is 0 Å². The highest BCUT2D eigenvalue weighted by atomic mass is 32.2. The fraction of sp³-hybridized carbons (Fsp3) is 0.875. The summed E-state index contributed by atoms with van der Waals surface area (Å²) in [7, 11) is -3.85. The van der Waals surface area contributed by atoms with Crippen LogP contribution < -0.4 is 5.48 Å². The fourth-order valence-corrected chi connectivity index (χ4v) is 3.65. The number of hydroxylamine groups is 1. The van der Waals surface area contributed by atoms with Gasteiger partial charge in [0.05, 0.1) is 5.75 Å². The van der Waals surface area contributed by atoms with Gasteiger partial charge in [0.25, 0.3) is 10.1 Å². The molecule has 3 N–H and O–H groups in total. The Hall–Kier alpha value is -0.960. The van der Waals surface area contributed by atoms with Gasteiger partial charge in [-0.25, -0.2) is 4.79 Å². The average Bonchev–Trinajstić information content (AvgIpc) is 2.76. The normalized spacial score (nSPS) is 11.0. The zero-order valence-electron chi connectivity index (χ0n) is 20.4. The van der Waals surface area contributed by atoms with Crippen molar-refractivity contribution in [3.8, 4) is 0 Å². The Morgan fingerprint density at radius 2 is 1.22 bits per heavy atom. The first kappa shape index (κ1) is 33.2. The molecule has 0 rings (SSSR count). The molecule has 0 heterocycles. The highest BCUT2D eigenvalue weighted by Crippen LogP contribution is 2.13. The molecule has 0 aromatic rings. The summed E-state index contributed by atoms with van der Waals surface area (Å²) < 4.78 is 27.7. The molecule has 7 nitrogen and oxygen atoms in total. The van der Waals surface area contributed by atoms with Gasteiger partial charge in [-0.2, -0.15) is 13.9 Å². The molecule has 0 aliphatic carbocycles. The number of hydrogen-bond acceptors (Lipinski definition) is 6. The topological polar surface area (TPSA) is 113 Å². The molecule has 0 unspecified atom stereocenters.